The quantitative estimate of drug-likeness (QED) is 0.147. The van der Waals surface area contributed by atoms with Gasteiger partial charge < -0.3 is 10.4 Å². The van der Waals surface area contributed by atoms with Crippen LogP contribution in [0.15, 0.2) is 64.2 Å². The topological polar surface area (TPSA) is 123 Å². The van der Waals surface area contributed by atoms with E-state index in [0.717, 1.165) is 33.0 Å². The highest BCUT2D eigenvalue weighted by Gasteiger charge is 2.21. The van der Waals surface area contributed by atoms with E-state index >= 15 is 0 Å². The zero-order valence-electron chi connectivity index (χ0n) is 19.0. The number of carbonyl (C=O) groups is 1. The number of phenols is 1. The van der Waals surface area contributed by atoms with E-state index in [9.17, 15) is 20.0 Å². The summed E-state index contributed by atoms with van der Waals surface area (Å²) < 4.78 is 2.54. The Morgan fingerprint density at radius 2 is 1.94 bits per heavy atom. The van der Waals surface area contributed by atoms with Crippen molar-refractivity contribution >= 4 is 56.6 Å². The Morgan fingerprint density at radius 1 is 1.17 bits per heavy atom. The highest BCUT2D eigenvalue weighted by atomic mass is 79.9. The minimum atomic E-state index is -0.563. The predicted molar refractivity (Wildman–Crippen MR) is 143 cm³/mol. The summed E-state index contributed by atoms with van der Waals surface area (Å²) in [5.41, 5.74) is 3.27. The molecule has 4 rings (SSSR count). The Labute approximate surface area is 223 Å². The fraction of sp³-hybridized carbons (Fsp3) is 0.125. The van der Waals surface area contributed by atoms with E-state index < -0.39 is 10.8 Å². The van der Waals surface area contributed by atoms with Gasteiger partial charge in [-0.25, -0.2) is 0 Å². The average molecular weight is 589 g/mol. The molecule has 0 aliphatic rings. The molecule has 36 heavy (non-hydrogen) atoms. The molecule has 0 aliphatic heterocycles. The second-order valence-electron chi connectivity index (χ2n) is 7.85. The van der Waals surface area contributed by atoms with Gasteiger partial charge in [-0.15, -0.1) is 10.2 Å². The van der Waals surface area contributed by atoms with Gasteiger partial charge in [0, 0.05) is 16.6 Å². The van der Waals surface area contributed by atoms with E-state index in [1.807, 2.05) is 32.0 Å². The number of rotatable bonds is 7. The minimum Gasteiger partial charge on any atom is -0.507 e. The molecule has 4 aromatic rings. The number of hydrogen-bond acceptors (Lipinski definition) is 7. The molecule has 0 bridgehead atoms. The molecule has 12 heteroatoms. The van der Waals surface area contributed by atoms with E-state index in [1.165, 1.54) is 18.2 Å². The van der Waals surface area contributed by atoms with Crippen LogP contribution in [0.5, 0.6) is 5.75 Å². The zero-order valence-corrected chi connectivity index (χ0v) is 22.2. The van der Waals surface area contributed by atoms with Crippen molar-refractivity contribution in [3.05, 3.63) is 85.3 Å². The van der Waals surface area contributed by atoms with E-state index in [1.54, 1.807) is 22.8 Å². The number of carbonyl (C=O) groups excluding carboxylic acids is 1. The van der Waals surface area contributed by atoms with Crippen LogP contribution in [-0.4, -0.2) is 36.5 Å². The van der Waals surface area contributed by atoms with Gasteiger partial charge in [0.25, 0.3) is 5.69 Å². The Bertz CT molecular complexity index is 1490. The highest BCUT2D eigenvalue weighted by molar-refractivity contribution is 9.10. The predicted octanol–water partition coefficient (Wildman–Crippen LogP) is 6.31. The van der Waals surface area contributed by atoms with Crippen molar-refractivity contribution in [2.45, 2.75) is 19.0 Å². The number of hydrogen-bond donors (Lipinski definition) is 2. The van der Waals surface area contributed by atoms with Crippen molar-refractivity contribution in [3.63, 3.8) is 0 Å². The third-order valence-electron chi connectivity index (χ3n) is 5.19. The Balaban J connectivity index is 1.66. The first-order valence-electron chi connectivity index (χ1n) is 10.5. The summed E-state index contributed by atoms with van der Waals surface area (Å²) in [4.78, 5) is 23.2. The van der Waals surface area contributed by atoms with Crippen LogP contribution in [0.25, 0.3) is 17.1 Å². The lowest BCUT2D eigenvalue weighted by Crippen LogP contribution is -2.15. The monoisotopic (exact) mass is 587 g/mol. The molecule has 184 valence electrons. The van der Waals surface area contributed by atoms with Crippen LogP contribution in [0, 0.1) is 24.0 Å². The van der Waals surface area contributed by atoms with E-state index in [0.29, 0.717) is 16.5 Å². The number of nitrogens with zero attached hydrogens (tertiary/aromatic N) is 4. The lowest BCUT2D eigenvalue weighted by Gasteiger charge is -2.14. The Kier molecular flexibility index (Phi) is 7.62. The van der Waals surface area contributed by atoms with Crippen molar-refractivity contribution in [2.24, 2.45) is 0 Å². The van der Waals surface area contributed by atoms with Crippen LogP contribution in [-0.2, 0) is 4.79 Å². The number of aromatic hydroxyl groups is 1. The number of non-ortho nitro benzene ring substituents is 1. The standard InChI is InChI=1S/C24H19BrClN5O4S/c1-13-3-7-20(14(2)9-13)30-23(17-10-15(25)4-8-21(17)32)28-29-24(30)36-12-22(33)27-19-11-16(31(34)35)5-6-18(19)26/h3-11,32H,12H2,1-2H3,(H,27,33). The fourth-order valence-electron chi connectivity index (χ4n) is 3.54. The highest BCUT2D eigenvalue weighted by Crippen LogP contribution is 2.35. The van der Waals surface area contributed by atoms with E-state index in [4.69, 9.17) is 11.6 Å². The van der Waals surface area contributed by atoms with Gasteiger partial charge in [0.05, 0.1) is 32.6 Å². The van der Waals surface area contributed by atoms with E-state index in [-0.39, 0.29) is 27.9 Å². The first-order chi connectivity index (χ1) is 17.1. The summed E-state index contributed by atoms with van der Waals surface area (Å²) in [6.45, 7) is 3.95. The van der Waals surface area contributed by atoms with Gasteiger partial charge in [-0.05, 0) is 49.7 Å². The Hall–Kier alpha value is -3.41. The van der Waals surface area contributed by atoms with Crippen LogP contribution in [0.1, 0.15) is 11.1 Å². The number of aryl methyl sites for hydroxylation is 2. The van der Waals surface area contributed by atoms with Crippen molar-refractivity contribution < 1.29 is 14.8 Å². The number of thioether (sulfide) groups is 1. The maximum atomic E-state index is 12.7. The number of nitro groups is 1. The molecule has 0 saturated carbocycles. The van der Waals surface area contributed by atoms with Crippen molar-refractivity contribution in [3.8, 4) is 22.8 Å². The van der Waals surface area contributed by atoms with Crippen molar-refractivity contribution in [1.82, 2.24) is 14.8 Å². The van der Waals surface area contributed by atoms with E-state index in [2.05, 4.69) is 31.4 Å². The fourth-order valence-corrected chi connectivity index (χ4v) is 4.81. The first-order valence-corrected chi connectivity index (χ1v) is 12.7. The molecule has 0 unspecified atom stereocenters. The average Bonchev–Trinajstić information content (AvgIpc) is 3.24. The van der Waals surface area contributed by atoms with Gasteiger partial charge in [-0.1, -0.05) is 57.0 Å². The summed E-state index contributed by atoms with van der Waals surface area (Å²) in [5, 5.41) is 33.4. The summed E-state index contributed by atoms with van der Waals surface area (Å²) in [6.07, 6.45) is 0. The minimum absolute atomic E-state index is 0.0335. The third kappa shape index (κ3) is 5.53. The second kappa shape index (κ2) is 10.7. The molecule has 2 N–H and O–H groups in total. The molecule has 1 aromatic heterocycles. The maximum Gasteiger partial charge on any atom is 0.271 e. The van der Waals surface area contributed by atoms with Gasteiger partial charge >= 0.3 is 0 Å². The van der Waals surface area contributed by atoms with Crippen LogP contribution < -0.4 is 5.32 Å². The lowest BCUT2D eigenvalue weighted by atomic mass is 10.1. The molecule has 0 radical (unpaired) electrons. The second-order valence-corrected chi connectivity index (χ2v) is 10.1. The molecule has 0 fully saturated rings. The lowest BCUT2D eigenvalue weighted by molar-refractivity contribution is -0.384. The molecule has 0 spiro atoms. The molecule has 3 aromatic carbocycles. The summed E-state index contributed by atoms with van der Waals surface area (Å²) >= 11 is 10.7. The summed E-state index contributed by atoms with van der Waals surface area (Å²) in [5.74, 6) is -0.0481. The number of nitro benzene ring substituents is 1. The van der Waals surface area contributed by atoms with Gasteiger partial charge in [-0.2, -0.15) is 0 Å². The molecular weight excluding hydrogens is 570 g/mol. The van der Waals surface area contributed by atoms with Crippen LogP contribution in [0.4, 0.5) is 11.4 Å². The molecule has 1 amide bonds. The zero-order chi connectivity index (χ0) is 26.0. The van der Waals surface area contributed by atoms with Crippen LogP contribution in [0.3, 0.4) is 0 Å². The molecule has 9 nitrogen and oxygen atoms in total. The van der Waals surface area contributed by atoms with Crippen molar-refractivity contribution in [2.75, 3.05) is 11.1 Å². The number of aromatic nitrogens is 3. The summed E-state index contributed by atoms with van der Waals surface area (Å²) in [7, 11) is 0. The Morgan fingerprint density at radius 3 is 2.67 bits per heavy atom. The summed E-state index contributed by atoms with van der Waals surface area (Å²) in [6, 6.07) is 14.7. The number of anilines is 1. The number of phenolic OH excluding ortho intramolecular Hbond substituents is 1. The first kappa shape index (κ1) is 25.7. The molecule has 0 aliphatic carbocycles. The van der Waals surface area contributed by atoms with Gasteiger partial charge in [-0.3, -0.25) is 19.5 Å². The number of benzene rings is 3. The van der Waals surface area contributed by atoms with Gasteiger partial charge in [0.1, 0.15) is 5.75 Å². The number of amides is 1. The normalized spacial score (nSPS) is 10.9. The molecule has 0 saturated heterocycles. The number of nitrogens with one attached hydrogen (secondary N) is 1. The van der Waals surface area contributed by atoms with Gasteiger partial charge in [0.2, 0.25) is 5.91 Å². The largest absolute Gasteiger partial charge is 0.507 e. The smallest absolute Gasteiger partial charge is 0.271 e. The van der Waals surface area contributed by atoms with Gasteiger partial charge in [0.15, 0.2) is 11.0 Å². The third-order valence-corrected chi connectivity index (χ3v) is 6.95. The molecule has 0 atom stereocenters. The number of halogens is 2. The van der Waals surface area contributed by atoms with Crippen LogP contribution in [0.2, 0.25) is 5.02 Å². The maximum absolute atomic E-state index is 12.7. The molecular formula is C24H19BrClN5O4S. The molecule has 1 heterocycles. The SMILES string of the molecule is Cc1ccc(-n2c(SCC(=O)Nc3cc([N+](=O)[O-])ccc3Cl)nnc2-c2cc(Br)ccc2O)c(C)c1. The van der Waals surface area contributed by atoms with Crippen molar-refractivity contribution in [1.29, 1.82) is 0 Å². The van der Waals surface area contributed by atoms with Crippen LogP contribution >= 0.6 is 39.3 Å².